The molecule has 19 heavy (non-hydrogen) atoms. The molecule has 0 bridgehead atoms. The summed E-state index contributed by atoms with van der Waals surface area (Å²) in [5.41, 5.74) is 1.44. The SMILES string of the molecule is Brc1ccc(CCC2CCC3(CC2)OCCO3)cc1. The molecular weight excluding hydrogens is 304 g/mol. The van der Waals surface area contributed by atoms with E-state index in [1.54, 1.807) is 0 Å². The molecule has 1 aliphatic heterocycles. The van der Waals surface area contributed by atoms with Gasteiger partial charge in [0.1, 0.15) is 0 Å². The quantitative estimate of drug-likeness (QED) is 0.824. The maximum absolute atomic E-state index is 5.78. The van der Waals surface area contributed by atoms with Gasteiger partial charge >= 0.3 is 0 Å². The molecule has 2 fully saturated rings. The van der Waals surface area contributed by atoms with E-state index in [9.17, 15) is 0 Å². The van der Waals surface area contributed by atoms with Crippen molar-refractivity contribution in [3.63, 3.8) is 0 Å². The van der Waals surface area contributed by atoms with E-state index in [2.05, 4.69) is 40.2 Å². The molecule has 0 radical (unpaired) electrons. The Morgan fingerprint density at radius 1 is 1.05 bits per heavy atom. The van der Waals surface area contributed by atoms with Gasteiger partial charge in [-0.1, -0.05) is 28.1 Å². The van der Waals surface area contributed by atoms with Crippen LogP contribution in [0.5, 0.6) is 0 Å². The molecule has 1 spiro atoms. The molecule has 0 atom stereocenters. The Balaban J connectivity index is 1.46. The summed E-state index contributed by atoms with van der Waals surface area (Å²) in [5, 5.41) is 0. The van der Waals surface area contributed by atoms with Crippen LogP contribution in [-0.2, 0) is 15.9 Å². The summed E-state index contributed by atoms with van der Waals surface area (Å²) < 4.78 is 12.7. The second kappa shape index (κ2) is 5.94. The lowest BCUT2D eigenvalue weighted by Gasteiger charge is -2.35. The molecule has 3 heteroatoms. The third-order valence-corrected chi connectivity index (χ3v) is 4.96. The largest absolute Gasteiger partial charge is 0.348 e. The third-order valence-electron chi connectivity index (χ3n) is 4.44. The number of aryl methyl sites for hydroxylation is 1. The van der Waals surface area contributed by atoms with Gasteiger partial charge in [0.25, 0.3) is 0 Å². The van der Waals surface area contributed by atoms with Crippen molar-refractivity contribution in [2.45, 2.75) is 44.3 Å². The minimum atomic E-state index is -0.200. The highest BCUT2D eigenvalue weighted by molar-refractivity contribution is 9.10. The molecular formula is C16H21BrO2. The van der Waals surface area contributed by atoms with Crippen molar-refractivity contribution in [1.29, 1.82) is 0 Å². The lowest BCUT2D eigenvalue weighted by atomic mass is 9.82. The van der Waals surface area contributed by atoms with E-state index in [1.807, 2.05) is 0 Å². The first-order valence-electron chi connectivity index (χ1n) is 7.28. The predicted molar refractivity (Wildman–Crippen MR) is 79.1 cm³/mol. The Morgan fingerprint density at radius 3 is 2.32 bits per heavy atom. The van der Waals surface area contributed by atoms with E-state index >= 15 is 0 Å². The Bertz CT molecular complexity index is 399. The van der Waals surface area contributed by atoms with Crippen LogP contribution < -0.4 is 0 Å². The Hall–Kier alpha value is -0.380. The molecule has 2 nitrogen and oxygen atoms in total. The molecule has 1 heterocycles. The second-order valence-electron chi connectivity index (χ2n) is 5.72. The van der Waals surface area contributed by atoms with Crippen molar-refractivity contribution in [3.8, 4) is 0 Å². The summed E-state index contributed by atoms with van der Waals surface area (Å²) in [6.07, 6.45) is 7.13. The molecule has 1 aromatic carbocycles. The fraction of sp³-hybridized carbons (Fsp3) is 0.625. The van der Waals surface area contributed by atoms with Crippen LogP contribution in [0, 0.1) is 5.92 Å². The molecule has 0 N–H and O–H groups in total. The summed E-state index contributed by atoms with van der Waals surface area (Å²) in [5.74, 6) is 0.635. The molecule has 1 aliphatic carbocycles. The maximum Gasteiger partial charge on any atom is 0.168 e. The van der Waals surface area contributed by atoms with Crippen molar-refractivity contribution in [2.24, 2.45) is 5.92 Å². The summed E-state index contributed by atoms with van der Waals surface area (Å²) >= 11 is 3.48. The highest BCUT2D eigenvalue weighted by Gasteiger charge is 2.39. The molecule has 0 aromatic heterocycles. The zero-order valence-electron chi connectivity index (χ0n) is 11.2. The topological polar surface area (TPSA) is 18.5 Å². The Morgan fingerprint density at radius 2 is 1.68 bits per heavy atom. The highest BCUT2D eigenvalue weighted by Crippen LogP contribution is 2.39. The van der Waals surface area contributed by atoms with Gasteiger partial charge in [-0.3, -0.25) is 0 Å². The minimum absolute atomic E-state index is 0.200. The maximum atomic E-state index is 5.78. The lowest BCUT2D eigenvalue weighted by molar-refractivity contribution is -0.182. The average molecular weight is 325 g/mol. The van der Waals surface area contributed by atoms with E-state index in [4.69, 9.17) is 9.47 Å². The van der Waals surface area contributed by atoms with Crippen LogP contribution in [0.3, 0.4) is 0 Å². The number of ether oxygens (including phenoxy) is 2. The Kier molecular flexibility index (Phi) is 4.25. The van der Waals surface area contributed by atoms with Crippen LogP contribution in [0.15, 0.2) is 28.7 Å². The summed E-state index contributed by atoms with van der Waals surface area (Å²) in [7, 11) is 0. The first-order chi connectivity index (χ1) is 9.26. The number of benzene rings is 1. The number of hydrogen-bond acceptors (Lipinski definition) is 2. The number of hydrogen-bond donors (Lipinski definition) is 0. The van der Waals surface area contributed by atoms with Gasteiger partial charge in [0.2, 0.25) is 0 Å². The van der Waals surface area contributed by atoms with Crippen molar-refractivity contribution in [3.05, 3.63) is 34.3 Å². The van der Waals surface area contributed by atoms with E-state index in [-0.39, 0.29) is 5.79 Å². The van der Waals surface area contributed by atoms with Crippen molar-refractivity contribution in [1.82, 2.24) is 0 Å². The third kappa shape index (κ3) is 3.39. The fourth-order valence-corrected chi connectivity index (χ4v) is 3.48. The van der Waals surface area contributed by atoms with Gasteiger partial charge in [0.15, 0.2) is 5.79 Å². The van der Waals surface area contributed by atoms with Crippen LogP contribution in [0.2, 0.25) is 0 Å². The normalized spacial score (nSPS) is 23.0. The molecule has 104 valence electrons. The van der Waals surface area contributed by atoms with Crippen LogP contribution in [0.1, 0.15) is 37.7 Å². The van der Waals surface area contributed by atoms with Gasteiger partial charge in [0, 0.05) is 17.3 Å². The second-order valence-corrected chi connectivity index (χ2v) is 6.63. The molecule has 0 unspecified atom stereocenters. The summed E-state index contributed by atoms with van der Waals surface area (Å²) in [6, 6.07) is 8.70. The van der Waals surface area contributed by atoms with Crippen LogP contribution in [-0.4, -0.2) is 19.0 Å². The number of rotatable bonds is 3. The van der Waals surface area contributed by atoms with E-state index in [1.165, 1.54) is 31.2 Å². The first-order valence-corrected chi connectivity index (χ1v) is 8.07. The first kappa shape index (κ1) is 13.6. The van der Waals surface area contributed by atoms with Crippen molar-refractivity contribution >= 4 is 15.9 Å². The van der Waals surface area contributed by atoms with Gasteiger partial charge in [-0.25, -0.2) is 0 Å². The van der Waals surface area contributed by atoms with Gasteiger partial charge in [-0.05, 0) is 49.3 Å². The van der Waals surface area contributed by atoms with E-state index in [0.29, 0.717) is 0 Å². The predicted octanol–water partition coefficient (Wildman–Crippen LogP) is 4.32. The molecule has 1 aromatic rings. The zero-order valence-corrected chi connectivity index (χ0v) is 12.8. The lowest BCUT2D eigenvalue weighted by Crippen LogP contribution is -2.35. The number of halogens is 1. The van der Waals surface area contributed by atoms with E-state index < -0.39 is 0 Å². The van der Waals surface area contributed by atoms with Crippen molar-refractivity contribution in [2.75, 3.05) is 13.2 Å². The van der Waals surface area contributed by atoms with Gasteiger partial charge in [-0.2, -0.15) is 0 Å². The highest BCUT2D eigenvalue weighted by atomic mass is 79.9. The zero-order chi connectivity index (χ0) is 13.1. The standard InChI is InChI=1S/C16H21BrO2/c17-15-5-3-13(4-6-15)1-2-14-7-9-16(10-8-14)18-11-12-19-16/h3-6,14H,1-2,7-12H2. The minimum Gasteiger partial charge on any atom is -0.348 e. The molecule has 3 rings (SSSR count). The summed E-state index contributed by atoms with van der Waals surface area (Å²) in [6.45, 7) is 1.56. The smallest absolute Gasteiger partial charge is 0.168 e. The molecule has 2 aliphatic rings. The summed E-state index contributed by atoms with van der Waals surface area (Å²) in [4.78, 5) is 0. The Labute approximate surface area is 123 Å². The average Bonchev–Trinajstić information content (AvgIpc) is 2.89. The molecule has 1 saturated carbocycles. The van der Waals surface area contributed by atoms with Gasteiger partial charge in [-0.15, -0.1) is 0 Å². The van der Waals surface area contributed by atoms with Gasteiger partial charge in [0.05, 0.1) is 13.2 Å². The molecule has 0 amide bonds. The van der Waals surface area contributed by atoms with Gasteiger partial charge < -0.3 is 9.47 Å². The van der Waals surface area contributed by atoms with Crippen LogP contribution in [0.25, 0.3) is 0 Å². The van der Waals surface area contributed by atoms with Crippen LogP contribution >= 0.6 is 15.9 Å². The monoisotopic (exact) mass is 324 g/mol. The van der Waals surface area contributed by atoms with Crippen LogP contribution in [0.4, 0.5) is 0 Å². The fourth-order valence-electron chi connectivity index (χ4n) is 3.21. The van der Waals surface area contributed by atoms with Crippen molar-refractivity contribution < 1.29 is 9.47 Å². The van der Waals surface area contributed by atoms with E-state index in [0.717, 1.165) is 36.4 Å². The molecule has 1 saturated heterocycles.